The Morgan fingerprint density at radius 1 is 1.22 bits per heavy atom. The summed E-state index contributed by atoms with van der Waals surface area (Å²) in [5.41, 5.74) is 0.819. The molecule has 2 heterocycles. The van der Waals surface area contributed by atoms with Crippen molar-refractivity contribution in [1.82, 2.24) is 14.5 Å². The fourth-order valence-electron chi connectivity index (χ4n) is 2.55. The average Bonchev–Trinajstić information content (AvgIpc) is 3.08. The number of piperazine rings is 1. The Morgan fingerprint density at radius 3 is 2.52 bits per heavy atom. The number of aromatic nitrogens is 2. The Morgan fingerprint density at radius 2 is 1.96 bits per heavy atom. The van der Waals surface area contributed by atoms with Gasteiger partial charge in [0.25, 0.3) is 5.91 Å². The summed E-state index contributed by atoms with van der Waals surface area (Å²) >= 11 is 1.07. The number of halogens is 1. The maximum absolute atomic E-state index is 14.2. The quantitative estimate of drug-likeness (QED) is 0.802. The van der Waals surface area contributed by atoms with Crippen molar-refractivity contribution in [3.8, 4) is 0 Å². The molecule has 1 saturated heterocycles. The third-order valence-electron chi connectivity index (χ3n) is 3.83. The van der Waals surface area contributed by atoms with Gasteiger partial charge in [0, 0.05) is 31.7 Å². The number of Topliss-reactive ketones (excluding diaryl/α,β-unsaturated/α-hetero) is 1. The summed E-state index contributed by atoms with van der Waals surface area (Å²) in [6.07, 6.45) is 1.46. The molecule has 1 fully saturated rings. The van der Waals surface area contributed by atoms with Gasteiger partial charge in [-0.3, -0.25) is 9.59 Å². The summed E-state index contributed by atoms with van der Waals surface area (Å²) in [7, 11) is 0. The number of anilines is 1. The number of carbonyl (C=O) groups is 2. The monoisotopic (exact) mass is 334 g/mol. The van der Waals surface area contributed by atoms with Crippen LogP contribution in [0.2, 0.25) is 0 Å². The molecule has 3 rings (SSSR count). The molecule has 1 aromatic heterocycles. The van der Waals surface area contributed by atoms with Crippen LogP contribution in [-0.4, -0.2) is 52.4 Å². The van der Waals surface area contributed by atoms with Gasteiger partial charge in [-0.05, 0) is 36.7 Å². The minimum atomic E-state index is -0.413. The van der Waals surface area contributed by atoms with E-state index in [0.29, 0.717) is 42.3 Å². The predicted octanol–water partition coefficient (Wildman–Crippen LogP) is 1.84. The molecule has 0 saturated carbocycles. The number of rotatable bonds is 3. The highest BCUT2D eigenvalue weighted by Gasteiger charge is 2.24. The molecule has 0 unspecified atom stereocenters. The number of hydrogen-bond donors (Lipinski definition) is 0. The third kappa shape index (κ3) is 3.21. The normalized spacial score (nSPS) is 14.9. The Hall–Kier alpha value is -2.35. The van der Waals surface area contributed by atoms with Crippen molar-refractivity contribution in [3.05, 3.63) is 40.7 Å². The minimum Gasteiger partial charge on any atom is -0.366 e. The zero-order chi connectivity index (χ0) is 16.4. The van der Waals surface area contributed by atoms with Crippen molar-refractivity contribution in [2.75, 3.05) is 31.1 Å². The number of ketones is 1. The van der Waals surface area contributed by atoms with Gasteiger partial charge in [0.15, 0.2) is 5.78 Å². The highest BCUT2D eigenvalue weighted by molar-refractivity contribution is 7.07. The molecule has 0 spiro atoms. The SMILES string of the molecule is CC(=O)c1ccc(N2CCN(C(=O)c3cnns3)CC2)c(F)c1. The summed E-state index contributed by atoms with van der Waals surface area (Å²) in [5.74, 6) is -0.666. The second-order valence-corrected chi connectivity index (χ2v) is 6.07. The highest BCUT2D eigenvalue weighted by atomic mass is 32.1. The van der Waals surface area contributed by atoms with E-state index in [1.165, 1.54) is 19.2 Å². The molecule has 0 radical (unpaired) electrons. The minimum absolute atomic E-state index is 0.0907. The molecule has 1 aromatic carbocycles. The highest BCUT2D eigenvalue weighted by Crippen LogP contribution is 2.23. The Kier molecular flexibility index (Phi) is 4.33. The standard InChI is InChI=1S/C15H15FN4O2S/c1-10(21)11-2-3-13(12(16)8-11)19-4-6-20(7-5-19)15(22)14-9-17-18-23-14/h2-3,8-9H,4-7H2,1H3. The van der Waals surface area contributed by atoms with Crippen LogP contribution in [0.5, 0.6) is 0 Å². The summed E-state index contributed by atoms with van der Waals surface area (Å²) in [6.45, 7) is 3.49. The van der Waals surface area contributed by atoms with Gasteiger partial charge in [-0.25, -0.2) is 4.39 Å². The first-order chi connectivity index (χ1) is 11.1. The number of hydrogen-bond acceptors (Lipinski definition) is 6. The second-order valence-electron chi connectivity index (χ2n) is 5.28. The molecule has 1 aliphatic heterocycles. The topological polar surface area (TPSA) is 66.4 Å². The van der Waals surface area contributed by atoms with Gasteiger partial charge in [0.1, 0.15) is 10.7 Å². The van der Waals surface area contributed by atoms with Crippen LogP contribution < -0.4 is 4.90 Å². The first kappa shape index (κ1) is 15.5. The first-order valence-electron chi connectivity index (χ1n) is 7.18. The van der Waals surface area contributed by atoms with Gasteiger partial charge in [-0.2, -0.15) is 0 Å². The van der Waals surface area contributed by atoms with Crippen molar-refractivity contribution < 1.29 is 14.0 Å². The molecule has 120 valence electrons. The molecular formula is C15H15FN4O2S. The van der Waals surface area contributed by atoms with Crippen molar-refractivity contribution in [2.45, 2.75) is 6.92 Å². The van der Waals surface area contributed by atoms with Gasteiger partial charge >= 0.3 is 0 Å². The van der Waals surface area contributed by atoms with E-state index in [0.717, 1.165) is 11.5 Å². The van der Waals surface area contributed by atoms with E-state index in [1.807, 2.05) is 4.90 Å². The van der Waals surface area contributed by atoms with Gasteiger partial charge in [-0.1, -0.05) is 4.49 Å². The van der Waals surface area contributed by atoms with E-state index >= 15 is 0 Å². The Balaban J connectivity index is 1.67. The summed E-state index contributed by atoms with van der Waals surface area (Å²) in [6, 6.07) is 4.51. The maximum atomic E-state index is 14.2. The fraction of sp³-hybridized carbons (Fsp3) is 0.333. The average molecular weight is 334 g/mol. The van der Waals surface area contributed by atoms with Gasteiger partial charge < -0.3 is 9.80 Å². The van der Waals surface area contributed by atoms with E-state index in [4.69, 9.17) is 0 Å². The van der Waals surface area contributed by atoms with Gasteiger partial charge in [0.2, 0.25) is 0 Å². The van der Waals surface area contributed by atoms with E-state index < -0.39 is 5.82 Å². The lowest BCUT2D eigenvalue weighted by atomic mass is 10.1. The molecule has 6 nitrogen and oxygen atoms in total. The van der Waals surface area contributed by atoms with Crippen LogP contribution in [0.4, 0.5) is 10.1 Å². The largest absolute Gasteiger partial charge is 0.366 e. The summed E-state index contributed by atoms with van der Waals surface area (Å²) < 4.78 is 17.9. The molecule has 1 aliphatic rings. The summed E-state index contributed by atoms with van der Waals surface area (Å²) in [4.78, 5) is 27.6. The molecule has 0 bridgehead atoms. The van der Waals surface area contributed by atoms with Gasteiger partial charge in [0.05, 0.1) is 11.9 Å². The van der Waals surface area contributed by atoms with Crippen molar-refractivity contribution in [1.29, 1.82) is 0 Å². The van der Waals surface area contributed by atoms with E-state index in [9.17, 15) is 14.0 Å². The van der Waals surface area contributed by atoms with Crippen molar-refractivity contribution in [3.63, 3.8) is 0 Å². The Labute approximate surface area is 136 Å². The van der Waals surface area contributed by atoms with Crippen LogP contribution in [0.1, 0.15) is 27.0 Å². The third-order valence-corrected chi connectivity index (χ3v) is 4.49. The van der Waals surface area contributed by atoms with Crippen LogP contribution in [0.25, 0.3) is 0 Å². The molecule has 2 aromatic rings. The molecule has 0 aliphatic carbocycles. The van der Waals surface area contributed by atoms with Crippen molar-refractivity contribution >= 4 is 28.9 Å². The van der Waals surface area contributed by atoms with Crippen LogP contribution in [-0.2, 0) is 0 Å². The molecule has 0 N–H and O–H groups in total. The van der Waals surface area contributed by atoms with Gasteiger partial charge in [-0.15, -0.1) is 5.10 Å². The number of benzene rings is 1. The number of carbonyl (C=O) groups excluding carboxylic acids is 2. The lowest BCUT2D eigenvalue weighted by molar-refractivity contribution is 0.0751. The van der Waals surface area contributed by atoms with E-state index in [1.54, 1.807) is 17.0 Å². The first-order valence-corrected chi connectivity index (χ1v) is 7.95. The number of nitrogens with zero attached hydrogens (tertiary/aromatic N) is 4. The van der Waals surface area contributed by atoms with Crippen LogP contribution in [0.15, 0.2) is 24.4 Å². The molecular weight excluding hydrogens is 319 g/mol. The van der Waals surface area contributed by atoms with Crippen molar-refractivity contribution in [2.24, 2.45) is 0 Å². The maximum Gasteiger partial charge on any atom is 0.267 e. The predicted molar refractivity (Wildman–Crippen MR) is 84.4 cm³/mol. The smallest absolute Gasteiger partial charge is 0.267 e. The fourth-order valence-corrected chi connectivity index (χ4v) is 3.03. The summed E-state index contributed by atoms with van der Waals surface area (Å²) in [5, 5.41) is 3.67. The van der Waals surface area contributed by atoms with Crippen LogP contribution in [0.3, 0.4) is 0 Å². The lowest BCUT2D eigenvalue weighted by Gasteiger charge is -2.36. The molecule has 0 atom stereocenters. The van der Waals surface area contributed by atoms with E-state index in [-0.39, 0.29) is 11.7 Å². The molecule has 1 amide bonds. The molecule has 23 heavy (non-hydrogen) atoms. The van der Waals surface area contributed by atoms with Crippen LogP contribution in [0, 0.1) is 5.82 Å². The number of amides is 1. The Bertz CT molecular complexity index is 727. The lowest BCUT2D eigenvalue weighted by Crippen LogP contribution is -2.48. The molecule has 8 heteroatoms. The second kappa shape index (κ2) is 6.41. The van der Waals surface area contributed by atoms with Crippen LogP contribution >= 0.6 is 11.5 Å². The zero-order valence-corrected chi connectivity index (χ0v) is 13.3. The van der Waals surface area contributed by atoms with E-state index in [2.05, 4.69) is 9.59 Å². The zero-order valence-electron chi connectivity index (χ0n) is 12.5.